The van der Waals surface area contributed by atoms with Gasteiger partial charge in [0.25, 0.3) is 0 Å². The Hall–Kier alpha value is -3.42. The summed E-state index contributed by atoms with van der Waals surface area (Å²) in [7, 11) is -3.33. The van der Waals surface area contributed by atoms with Crippen LogP contribution in [0.1, 0.15) is 5.56 Å². The number of halogens is 1. The third-order valence-electron chi connectivity index (χ3n) is 4.72. The van der Waals surface area contributed by atoms with Crippen molar-refractivity contribution in [2.75, 3.05) is 6.26 Å². The minimum atomic E-state index is -3.33. The van der Waals surface area contributed by atoms with Gasteiger partial charge in [-0.1, -0.05) is 66.2 Å². The Labute approximate surface area is 191 Å². The second-order valence-corrected chi connectivity index (χ2v) is 9.54. The molecule has 0 saturated carbocycles. The lowest BCUT2D eigenvalue weighted by molar-refractivity contribution is 0.137. The Morgan fingerprint density at radius 1 is 0.969 bits per heavy atom. The molecule has 0 unspecified atom stereocenters. The number of aromatic nitrogens is 2. The van der Waals surface area contributed by atoms with E-state index in [1.54, 1.807) is 36.4 Å². The molecule has 4 rings (SSSR count). The molecule has 1 aromatic heterocycles. The molecule has 1 radical (unpaired) electrons. The molecule has 161 valence electrons. The van der Waals surface area contributed by atoms with E-state index in [4.69, 9.17) is 16.3 Å². The first-order chi connectivity index (χ1) is 15.3. The van der Waals surface area contributed by atoms with Crippen LogP contribution >= 0.6 is 11.6 Å². The highest BCUT2D eigenvalue weighted by Crippen LogP contribution is 2.32. The molecule has 0 N–H and O–H groups in total. The van der Waals surface area contributed by atoms with Gasteiger partial charge >= 0.3 is 6.09 Å². The van der Waals surface area contributed by atoms with Crippen LogP contribution in [0.4, 0.5) is 4.79 Å². The first kappa shape index (κ1) is 21.8. The lowest BCUT2D eigenvalue weighted by atomic mass is 10.0. The molecule has 0 bridgehead atoms. The Morgan fingerprint density at radius 2 is 1.59 bits per heavy atom. The molecule has 32 heavy (non-hydrogen) atoms. The molecule has 1 heterocycles. The summed E-state index contributed by atoms with van der Waals surface area (Å²) in [5.41, 5.74) is 3.25. The first-order valence-electron chi connectivity index (χ1n) is 9.61. The van der Waals surface area contributed by atoms with E-state index in [2.05, 4.69) is 11.3 Å². The zero-order valence-corrected chi connectivity index (χ0v) is 18.6. The maximum Gasteiger partial charge on any atom is 0.435 e. The Morgan fingerprint density at radius 3 is 2.22 bits per heavy atom. The quantitative estimate of drug-likeness (QED) is 0.401. The summed E-state index contributed by atoms with van der Waals surface area (Å²) in [6, 6.07) is 22.7. The van der Waals surface area contributed by atoms with E-state index in [9.17, 15) is 13.2 Å². The van der Waals surface area contributed by atoms with E-state index in [1.807, 2.05) is 30.3 Å². The number of sulfone groups is 1. The van der Waals surface area contributed by atoms with Crippen LogP contribution in [0.25, 0.3) is 22.4 Å². The largest absolute Gasteiger partial charge is 0.443 e. The number of benzene rings is 3. The molecule has 6 nitrogen and oxygen atoms in total. The van der Waals surface area contributed by atoms with E-state index in [0.717, 1.165) is 22.1 Å². The van der Waals surface area contributed by atoms with Crippen LogP contribution in [0.5, 0.6) is 0 Å². The van der Waals surface area contributed by atoms with Gasteiger partial charge in [-0.25, -0.2) is 13.2 Å². The predicted octanol–water partition coefficient (Wildman–Crippen LogP) is 5.26. The van der Waals surface area contributed by atoms with Crippen molar-refractivity contribution in [3.05, 3.63) is 95.6 Å². The molecule has 0 amide bonds. The zero-order chi connectivity index (χ0) is 22.7. The standard InChI is InChI=1S/C24H18ClN2O4S/c1-32(29,30)21-13-9-19(10-14-21)23-22(18-7-11-20(25)12-8-18)15-27(26-23)24(28)31-16-17-5-3-2-4-6-17/h2-14H,16H2,1H3. The van der Waals surface area contributed by atoms with Crippen LogP contribution in [0.2, 0.25) is 5.02 Å². The van der Waals surface area contributed by atoms with E-state index < -0.39 is 15.9 Å². The zero-order valence-electron chi connectivity index (χ0n) is 17.0. The van der Waals surface area contributed by atoms with Crippen LogP contribution in [0, 0.1) is 6.20 Å². The van der Waals surface area contributed by atoms with Gasteiger partial charge in [-0.15, -0.1) is 0 Å². The maximum atomic E-state index is 12.6. The molecule has 0 fully saturated rings. The van der Waals surface area contributed by atoms with Gasteiger partial charge in [-0.2, -0.15) is 9.78 Å². The number of carbonyl (C=O) groups is 1. The van der Waals surface area contributed by atoms with Crippen LogP contribution in [-0.2, 0) is 21.2 Å². The predicted molar refractivity (Wildman–Crippen MR) is 122 cm³/mol. The SMILES string of the molecule is CS(=O)(=O)c1ccc(-c2nn(C(=O)OCc3ccccc3)[c]c2-c2ccc(Cl)cc2)cc1. The van der Waals surface area contributed by atoms with Crippen molar-refractivity contribution in [2.45, 2.75) is 11.5 Å². The molecule has 0 aliphatic rings. The summed E-state index contributed by atoms with van der Waals surface area (Å²) in [6.07, 6.45) is 3.43. The highest BCUT2D eigenvalue weighted by atomic mass is 35.5. The van der Waals surface area contributed by atoms with Crippen LogP contribution in [0.3, 0.4) is 0 Å². The van der Waals surface area contributed by atoms with Gasteiger partial charge in [0.05, 0.1) is 4.90 Å². The summed E-state index contributed by atoms with van der Waals surface area (Å²) in [5.74, 6) is 0. The van der Waals surface area contributed by atoms with E-state index in [1.165, 1.54) is 12.1 Å². The van der Waals surface area contributed by atoms with E-state index >= 15 is 0 Å². The molecule has 3 aromatic carbocycles. The topological polar surface area (TPSA) is 78.3 Å². The number of carbonyl (C=O) groups excluding carboxylic acids is 1. The highest BCUT2D eigenvalue weighted by Gasteiger charge is 2.19. The third kappa shape index (κ3) is 4.90. The summed E-state index contributed by atoms with van der Waals surface area (Å²) in [4.78, 5) is 12.8. The van der Waals surface area contributed by atoms with Crippen molar-refractivity contribution >= 4 is 27.5 Å². The normalized spacial score (nSPS) is 11.3. The van der Waals surface area contributed by atoms with Crippen molar-refractivity contribution in [1.29, 1.82) is 0 Å². The number of rotatable bonds is 5. The molecule has 0 spiro atoms. The average molecular weight is 466 g/mol. The minimum absolute atomic E-state index is 0.0992. The lowest BCUT2D eigenvalue weighted by Gasteiger charge is -2.04. The number of hydrogen-bond acceptors (Lipinski definition) is 5. The highest BCUT2D eigenvalue weighted by molar-refractivity contribution is 7.90. The van der Waals surface area contributed by atoms with Crippen LogP contribution in [0.15, 0.2) is 83.8 Å². The third-order valence-corrected chi connectivity index (χ3v) is 6.10. The van der Waals surface area contributed by atoms with Crippen molar-refractivity contribution < 1.29 is 17.9 Å². The Kier molecular flexibility index (Phi) is 6.12. The minimum Gasteiger partial charge on any atom is -0.443 e. The van der Waals surface area contributed by atoms with Crippen molar-refractivity contribution in [2.24, 2.45) is 0 Å². The molecule has 8 heteroatoms. The second-order valence-electron chi connectivity index (χ2n) is 7.09. The van der Waals surface area contributed by atoms with Gasteiger partial charge < -0.3 is 4.74 Å². The van der Waals surface area contributed by atoms with Crippen molar-refractivity contribution in [3.63, 3.8) is 0 Å². The molecule has 0 saturated heterocycles. The van der Waals surface area contributed by atoms with Gasteiger partial charge in [-0.3, -0.25) is 0 Å². The Balaban J connectivity index is 1.70. The number of nitrogens with zero attached hydrogens (tertiary/aromatic N) is 2. The van der Waals surface area contributed by atoms with Gasteiger partial charge in [-0.05, 0) is 35.4 Å². The van der Waals surface area contributed by atoms with Gasteiger partial charge in [0.15, 0.2) is 9.84 Å². The fourth-order valence-electron chi connectivity index (χ4n) is 3.08. The van der Waals surface area contributed by atoms with E-state index in [-0.39, 0.29) is 11.5 Å². The maximum absolute atomic E-state index is 12.6. The molecule has 0 aliphatic carbocycles. The lowest BCUT2D eigenvalue weighted by Crippen LogP contribution is -2.14. The van der Waals surface area contributed by atoms with Crippen LogP contribution in [-0.4, -0.2) is 30.5 Å². The fraction of sp³-hybridized carbons (Fsp3) is 0.0833. The molecule has 0 atom stereocenters. The molecular weight excluding hydrogens is 448 g/mol. The van der Waals surface area contributed by atoms with Crippen molar-refractivity contribution in [3.8, 4) is 22.4 Å². The van der Waals surface area contributed by atoms with Gasteiger partial charge in [0.1, 0.15) is 18.5 Å². The monoisotopic (exact) mass is 465 g/mol. The molecular formula is C24H18ClN2O4S. The summed E-state index contributed by atoms with van der Waals surface area (Å²) >= 11 is 6.01. The number of hydrogen-bond donors (Lipinski definition) is 0. The Bertz CT molecular complexity index is 1350. The average Bonchev–Trinajstić information content (AvgIpc) is 3.24. The first-order valence-corrected chi connectivity index (χ1v) is 11.9. The van der Waals surface area contributed by atoms with Gasteiger partial charge in [0, 0.05) is 22.4 Å². The van der Waals surface area contributed by atoms with Crippen molar-refractivity contribution in [1.82, 2.24) is 9.78 Å². The summed E-state index contributed by atoms with van der Waals surface area (Å²) in [6.45, 7) is 0.0992. The van der Waals surface area contributed by atoms with E-state index in [0.29, 0.717) is 21.8 Å². The molecule has 0 aliphatic heterocycles. The fourth-order valence-corrected chi connectivity index (χ4v) is 3.84. The van der Waals surface area contributed by atoms with Crippen LogP contribution < -0.4 is 0 Å². The van der Waals surface area contributed by atoms with Gasteiger partial charge in [0.2, 0.25) is 0 Å². The second kappa shape index (κ2) is 8.98. The number of ether oxygens (including phenoxy) is 1. The summed E-state index contributed by atoms with van der Waals surface area (Å²) in [5, 5.41) is 4.96. The molecule has 4 aromatic rings. The smallest absolute Gasteiger partial charge is 0.435 e. The summed E-state index contributed by atoms with van der Waals surface area (Å²) < 4.78 is 30.0.